The van der Waals surface area contributed by atoms with Crippen LogP contribution in [0.25, 0.3) is 16.8 Å². The third-order valence-electron chi connectivity index (χ3n) is 5.35. The molecule has 1 aromatic heterocycles. The molecule has 0 saturated carbocycles. The van der Waals surface area contributed by atoms with Crippen LogP contribution in [0.3, 0.4) is 0 Å². The van der Waals surface area contributed by atoms with Crippen molar-refractivity contribution in [2.45, 2.75) is 23.4 Å². The zero-order valence-corrected chi connectivity index (χ0v) is 18.6. The monoisotopic (exact) mass is 486 g/mol. The van der Waals surface area contributed by atoms with Crippen molar-refractivity contribution in [3.8, 4) is 11.3 Å². The number of hydrogen-bond acceptors (Lipinski definition) is 4. The average Bonchev–Trinajstić information content (AvgIpc) is 2.83. The van der Waals surface area contributed by atoms with E-state index in [1.54, 1.807) is 30.4 Å². The molecular weight excluding hydrogens is 468 g/mol. The number of aromatic nitrogens is 2. The van der Waals surface area contributed by atoms with Crippen molar-refractivity contribution >= 4 is 23.3 Å². The lowest BCUT2D eigenvalue weighted by Gasteiger charge is -2.18. The van der Waals surface area contributed by atoms with Crippen LogP contribution in [0.15, 0.2) is 71.7 Å². The summed E-state index contributed by atoms with van der Waals surface area (Å²) in [4.78, 5) is 20.5. The first-order valence-corrected chi connectivity index (χ1v) is 11.4. The average molecular weight is 486 g/mol. The van der Waals surface area contributed by atoms with Gasteiger partial charge in [-0.05, 0) is 54.1 Å². The van der Waals surface area contributed by atoms with E-state index < -0.39 is 35.1 Å². The van der Waals surface area contributed by atoms with Crippen molar-refractivity contribution in [3.63, 3.8) is 0 Å². The van der Waals surface area contributed by atoms with Crippen molar-refractivity contribution in [2.75, 3.05) is 6.26 Å². The zero-order valence-electron chi connectivity index (χ0n) is 17.8. The highest BCUT2D eigenvalue weighted by molar-refractivity contribution is 7.98. The molecule has 1 N–H and O–H groups in total. The summed E-state index contributed by atoms with van der Waals surface area (Å²) < 4.78 is 54.7. The van der Waals surface area contributed by atoms with Gasteiger partial charge in [-0.3, -0.25) is 0 Å². The quantitative estimate of drug-likeness (QED) is 0.316. The molecule has 1 aliphatic rings. The van der Waals surface area contributed by atoms with Crippen LogP contribution in [0.2, 0.25) is 0 Å². The number of alkyl halides is 3. The summed E-state index contributed by atoms with van der Waals surface area (Å²) >= 11 is 1.52. The van der Waals surface area contributed by atoms with E-state index in [9.17, 15) is 27.5 Å². The molecule has 174 valence electrons. The number of halogens is 4. The van der Waals surface area contributed by atoms with Crippen LogP contribution < -0.4 is 0 Å². The van der Waals surface area contributed by atoms with Gasteiger partial charge >= 0.3 is 12.1 Å². The highest BCUT2D eigenvalue weighted by Gasteiger charge is 2.34. The fourth-order valence-electron chi connectivity index (χ4n) is 3.61. The van der Waals surface area contributed by atoms with E-state index in [1.807, 2.05) is 18.4 Å². The minimum absolute atomic E-state index is 0.00110. The Labute approximate surface area is 197 Å². The molecule has 0 aliphatic heterocycles. The molecule has 34 heavy (non-hydrogen) atoms. The number of carboxylic acid groups (broad SMARTS) is 1. The third kappa shape index (κ3) is 5.04. The largest absolute Gasteiger partial charge is 0.478 e. The van der Waals surface area contributed by atoms with E-state index in [4.69, 9.17) is 0 Å². The van der Waals surface area contributed by atoms with E-state index in [2.05, 4.69) is 9.97 Å². The van der Waals surface area contributed by atoms with Gasteiger partial charge in [0.15, 0.2) is 0 Å². The number of hydrogen-bond donors (Lipinski definition) is 1. The van der Waals surface area contributed by atoms with Crippen LogP contribution in [0, 0.1) is 5.82 Å². The van der Waals surface area contributed by atoms with Crippen LogP contribution in [-0.4, -0.2) is 27.3 Å². The van der Waals surface area contributed by atoms with Crippen molar-refractivity contribution in [2.24, 2.45) is 0 Å². The molecule has 0 bridgehead atoms. The molecule has 1 heterocycles. The Balaban J connectivity index is 1.77. The van der Waals surface area contributed by atoms with Crippen LogP contribution >= 0.6 is 11.8 Å². The summed E-state index contributed by atoms with van der Waals surface area (Å²) in [5.74, 6) is -2.85. The lowest BCUT2D eigenvalue weighted by Crippen LogP contribution is -2.14. The van der Waals surface area contributed by atoms with Crippen molar-refractivity contribution in [1.82, 2.24) is 9.97 Å². The van der Waals surface area contributed by atoms with E-state index in [-0.39, 0.29) is 11.5 Å². The second-order valence-corrected chi connectivity index (χ2v) is 8.47. The highest BCUT2D eigenvalue weighted by atomic mass is 32.2. The molecule has 2 aromatic carbocycles. The maximum Gasteiger partial charge on any atom is 0.433 e. The number of allylic oxidation sites excluding steroid dienone is 4. The van der Waals surface area contributed by atoms with E-state index >= 15 is 0 Å². The fraction of sp³-hybridized carbons (Fsp3) is 0.160. The summed E-state index contributed by atoms with van der Waals surface area (Å²) in [6, 6.07) is 11.6. The maximum atomic E-state index is 13.8. The van der Waals surface area contributed by atoms with Crippen LogP contribution in [0.5, 0.6) is 0 Å². The molecule has 0 amide bonds. The van der Waals surface area contributed by atoms with Gasteiger partial charge in [-0.2, -0.15) is 13.2 Å². The Kier molecular flexibility index (Phi) is 6.56. The molecule has 0 radical (unpaired) electrons. The number of nitrogens with zero attached hydrogens (tertiary/aromatic N) is 2. The molecule has 0 saturated heterocycles. The van der Waals surface area contributed by atoms with E-state index in [0.717, 1.165) is 17.0 Å². The van der Waals surface area contributed by atoms with Gasteiger partial charge in [-0.25, -0.2) is 19.2 Å². The first-order chi connectivity index (χ1) is 16.2. The van der Waals surface area contributed by atoms with Crippen LogP contribution in [0.1, 0.15) is 39.8 Å². The predicted molar refractivity (Wildman–Crippen MR) is 122 cm³/mol. The van der Waals surface area contributed by atoms with Crippen LogP contribution in [-0.2, 0) is 6.18 Å². The van der Waals surface area contributed by atoms with E-state index in [1.165, 1.54) is 23.9 Å². The molecule has 9 heteroatoms. The Morgan fingerprint density at radius 1 is 1.06 bits per heavy atom. The highest BCUT2D eigenvalue weighted by Crippen LogP contribution is 2.35. The standard InChI is InChI=1S/C25H18F4N2O2S/c1-34-18-8-5-14(6-9-18)21-13-22(25(27,28)29)31-23(30-21)17-4-2-3-15(11-17)16-7-10-20(26)19(12-16)24(32)33/h2-3,5-13,17H,4H2,1H3,(H,32,33). The number of thioether (sulfide) groups is 1. The van der Waals surface area contributed by atoms with Crippen molar-refractivity contribution in [1.29, 1.82) is 0 Å². The molecule has 1 atom stereocenters. The molecule has 0 fully saturated rings. The Hall–Kier alpha value is -3.46. The number of rotatable bonds is 5. The Morgan fingerprint density at radius 2 is 1.76 bits per heavy atom. The summed E-state index contributed by atoms with van der Waals surface area (Å²) in [5, 5.41) is 9.19. The van der Waals surface area contributed by atoms with Gasteiger partial charge in [0, 0.05) is 16.4 Å². The third-order valence-corrected chi connectivity index (χ3v) is 6.09. The van der Waals surface area contributed by atoms with Gasteiger partial charge in [0.25, 0.3) is 0 Å². The molecule has 0 spiro atoms. The summed E-state index contributed by atoms with van der Waals surface area (Å²) in [7, 11) is 0. The summed E-state index contributed by atoms with van der Waals surface area (Å²) in [5.41, 5.74) is 0.142. The molecule has 1 unspecified atom stereocenters. The molecule has 4 rings (SSSR count). The molecule has 3 aromatic rings. The second-order valence-electron chi connectivity index (χ2n) is 7.59. The minimum atomic E-state index is -4.66. The minimum Gasteiger partial charge on any atom is -0.478 e. The van der Waals surface area contributed by atoms with Gasteiger partial charge in [0.05, 0.1) is 11.3 Å². The molecular formula is C25H18F4N2O2S. The number of benzene rings is 2. The normalized spacial score (nSPS) is 15.8. The molecule has 4 nitrogen and oxygen atoms in total. The van der Waals surface area contributed by atoms with Gasteiger partial charge in [-0.15, -0.1) is 11.8 Å². The predicted octanol–water partition coefficient (Wildman–Crippen LogP) is 6.85. The Morgan fingerprint density at radius 3 is 2.41 bits per heavy atom. The first kappa shape index (κ1) is 23.7. The molecule has 1 aliphatic carbocycles. The SMILES string of the molecule is CSc1ccc(-c2cc(C(F)(F)F)nc(C3C=C(c4ccc(F)c(C(=O)O)c4)C=CC3)n2)cc1. The number of aromatic carboxylic acids is 1. The summed E-state index contributed by atoms with van der Waals surface area (Å²) in [6.45, 7) is 0. The Bertz CT molecular complexity index is 1300. The topological polar surface area (TPSA) is 63.1 Å². The fourth-order valence-corrected chi connectivity index (χ4v) is 4.02. The maximum absolute atomic E-state index is 13.8. The summed E-state index contributed by atoms with van der Waals surface area (Å²) in [6.07, 6.45) is 2.75. The number of carboxylic acids is 1. The lowest BCUT2D eigenvalue weighted by molar-refractivity contribution is -0.141. The van der Waals surface area contributed by atoms with Gasteiger partial charge in [-0.1, -0.05) is 36.4 Å². The number of carbonyl (C=O) groups is 1. The zero-order chi connectivity index (χ0) is 24.5. The van der Waals surface area contributed by atoms with Gasteiger partial charge in [0.2, 0.25) is 0 Å². The smallest absolute Gasteiger partial charge is 0.433 e. The first-order valence-electron chi connectivity index (χ1n) is 10.2. The van der Waals surface area contributed by atoms with Gasteiger partial charge < -0.3 is 5.11 Å². The second kappa shape index (κ2) is 9.42. The van der Waals surface area contributed by atoms with Crippen molar-refractivity contribution < 1.29 is 27.5 Å². The van der Waals surface area contributed by atoms with Crippen molar-refractivity contribution in [3.05, 3.63) is 95.2 Å². The lowest BCUT2D eigenvalue weighted by atomic mass is 9.91. The van der Waals surface area contributed by atoms with E-state index in [0.29, 0.717) is 23.1 Å². The van der Waals surface area contributed by atoms with Crippen LogP contribution in [0.4, 0.5) is 17.6 Å². The van der Waals surface area contributed by atoms with Gasteiger partial charge in [0.1, 0.15) is 17.3 Å².